The third kappa shape index (κ3) is 2.07. The molecule has 1 aromatic heterocycles. The lowest BCUT2D eigenvalue weighted by Crippen LogP contribution is -1.97. The maximum absolute atomic E-state index is 11.0. The fraction of sp³-hybridized carbons (Fsp3) is 0.167. The molecule has 0 atom stereocenters. The maximum Gasteiger partial charge on any atom is 0.401 e. The summed E-state index contributed by atoms with van der Waals surface area (Å²) in [7, 11) is 1.08. The van der Waals surface area contributed by atoms with Crippen molar-refractivity contribution in [3.8, 4) is 0 Å². The Morgan fingerprint density at radius 2 is 2.00 bits per heavy atom. The Morgan fingerprint density at radius 3 is 2.33 bits per heavy atom. The van der Waals surface area contributed by atoms with Crippen LogP contribution in [-0.2, 0) is 4.74 Å². The Morgan fingerprint density at radius 1 is 1.40 bits per heavy atom. The van der Waals surface area contributed by atoms with Crippen LogP contribution in [0.3, 0.4) is 0 Å². The van der Waals surface area contributed by atoms with Crippen LogP contribution in [0.15, 0.2) is 6.07 Å². The van der Waals surface area contributed by atoms with E-state index in [0.717, 1.165) is 13.2 Å². The lowest BCUT2D eigenvalue weighted by molar-refractivity contribution is -0.419. The first-order chi connectivity index (χ1) is 6.97. The first-order valence-corrected chi connectivity index (χ1v) is 4.30. The third-order valence-corrected chi connectivity index (χ3v) is 2.50. The highest BCUT2D eigenvalue weighted by Crippen LogP contribution is 2.36. The molecule has 80 valence electrons. The van der Waals surface area contributed by atoms with Crippen molar-refractivity contribution in [3.63, 3.8) is 0 Å². The summed E-state index contributed by atoms with van der Waals surface area (Å²) in [5.74, 6) is -0.837. The van der Waals surface area contributed by atoms with Gasteiger partial charge in [-0.2, -0.15) is 0 Å². The quantitative estimate of drug-likeness (QED) is 0.441. The third-order valence-electron chi connectivity index (χ3n) is 1.44. The van der Waals surface area contributed by atoms with Crippen molar-refractivity contribution < 1.29 is 19.4 Å². The number of ether oxygens (including phenoxy) is 1. The van der Waals surface area contributed by atoms with Crippen LogP contribution in [-0.4, -0.2) is 22.9 Å². The summed E-state index contributed by atoms with van der Waals surface area (Å²) < 4.78 is 4.29. The van der Waals surface area contributed by atoms with Gasteiger partial charge in [-0.25, -0.2) is 4.79 Å². The van der Waals surface area contributed by atoms with Gasteiger partial charge in [-0.15, -0.1) is 0 Å². The van der Waals surface area contributed by atoms with Gasteiger partial charge in [0, 0.05) is 6.07 Å². The Hall–Kier alpha value is -2.03. The molecule has 1 heterocycles. The van der Waals surface area contributed by atoms with Gasteiger partial charge < -0.3 is 4.74 Å². The summed E-state index contributed by atoms with van der Waals surface area (Å²) in [6.07, 6.45) is 0. The van der Waals surface area contributed by atoms with Crippen molar-refractivity contribution in [2.24, 2.45) is 0 Å². The van der Waals surface area contributed by atoms with E-state index in [0.29, 0.717) is 11.3 Å². The SMILES string of the molecule is COC(=O)c1cc([N+](=O)[O-])c([N+](=O)[O-])s1. The standard InChI is InChI=1S/C6H4N2O6S/c1-14-6(9)4-2-3(7(10)11)5(15-4)8(12)13/h2H,1H3. The molecule has 0 fully saturated rings. The molecule has 0 saturated heterocycles. The molecule has 9 heteroatoms. The highest BCUT2D eigenvalue weighted by molar-refractivity contribution is 7.17. The Labute approximate surface area is 86.4 Å². The monoisotopic (exact) mass is 232 g/mol. The first-order valence-electron chi connectivity index (χ1n) is 3.48. The number of hydrogen-bond acceptors (Lipinski definition) is 7. The van der Waals surface area contributed by atoms with Crippen LogP contribution in [0.2, 0.25) is 0 Å². The molecule has 0 spiro atoms. The van der Waals surface area contributed by atoms with Crippen LogP contribution in [0.4, 0.5) is 10.7 Å². The van der Waals surface area contributed by atoms with E-state index in [1.165, 1.54) is 0 Å². The summed E-state index contributed by atoms with van der Waals surface area (Å²) in [6, 6.07) is 0.828. The normalized spacial score (nSPS) is 9.67. The number of nitro groups is 2. The molecule has 8 nitrogen and oxygen atoms in total. The van der Waals surface area contributed by atoms with E-state index < -0.39 is 26.5 Å². The zero-order chi connectivity index (χ0) is 11.6. The van der Waals surface area contributed by atoms with E-state index in [1.807, 2.05) is 0 Å². The molecular weight excluding hydrogens is 228 g/mol. The van der Waals surface area contributed by atoms with Gasteiger partial charge in [-0.1, -0.05) is 0 Å². The summed E-state index contributed by atoms with van der Waals surface area (Å²) >= 11 is 0.413. The Bertz CT molecular complexity index is 407. The van der Waals surface area contributed by atoms with E-state index in [1.54, 1.807) is 0 Å². The second kappa shape index (κ2) is 4.00. The first kappa shape index (κ1) is 11.0. The molecule has 0 aliphatic heterocycles. The number of hydrogen-bond donors (Lipinski definition) is 0. The van der Waals surface area contributed by atoms with Gasteiger partial charge in [0.25, 0.3) is 0 Å². The fourth-order valence-corrected chi connectivity index (χ4v) is 1.69. The van der Waals surface area contributed by atoms with Gasteiger partial charge in [0.05, 0.1) is 17.0 Å². The molecule has 15 heavy (non-hydrogen) atoms. The smallest absolute Gasteiger partial charge is 0.401 e. The van der Waals surface area contributed by atoms with Crippen LogP contribution >= 0.6 is 11.3 Å². The van der Waals surface area contributed by atoms with Crippen LogP contribution in [0.5, 0.6) is 0 Å². The average molecular weight is 232 g/mol. The van der Waals surface area contributed by atoms with Crippen LogP contribution in [0.1, 0.15) is 9.67 Å². The summed E-state index contributed by atoms with van der Waals surface area (Å²) in [5.41, 5.74) is -0.703. The van der Waals surface area contributed by atoms with Gasteiger partial charge in [0.1, 0.15) is 4.88 Å². The predicted octanol–water partition coefficient (Wildman–Crippen LogP) is 1.35. The van der Waals surface area contributed by atoms with Crippen LogP contribution in [0, 0.1) is 20.2 Å². The molecular formula is C6H4N2O6S. The number of carbonyl (C=O) groups is 1. The lowest BCUT2D eigenvalue weighted by atomic mass is 10.4. The number of thiophene rings is 1. The maximum atomic E-state index is 11.0. The van der Waals surface area contributed by atoms with Gasteiger partial charge in [0.2, 0.25) is 0 Å². The second-order valence-electron chi connectivity index (χ2n) is 2.31. The number of methoxy groups -OCH3 is 1. The largest absolute Gasteiger partial charge is 0.465 e. The number of nitrogens with zero attached hydrogens (tertiary/aromatic N) is 2. The zero-order valence-corrected chi connectivity index (χ0v) is 8.15. The van der Waals surface area contributed by atoms with Gasteiger partial charge >= 0.3 is 16.7 Å². The fourth-order valence-electron chi connectivity index (χ4n) is 0.835. The van der Waals surface area contributed by atoms with Crippen LogP contribution in [0.25, 0.3) is 0 Å². The molecule has 0 amide bonds. The minimum absolute atomic E-state index is 0.170. The summed E-state index contributed by atoms with van der Waals surface area (Å²) in [4.78, 5) is 29.8. The molecule has 0 unspecified atom stereocenters. The van der Waals surface area contributed by atoms with E-state index in [9.17, 15) is 25.0 Å². The van der Waals surface area contributed by atoms with Crippen molar-refractivity contribution in [1.82, 2.24) is 0 Å². The molecule has 0 bridgehead atoms. The zero-order valence-electron chi connectivity index (χ0n) is 7.33. The van der Waals surface area contributed by atoms with Gasteiger partial charge in [-0.05, 0) is 11.3 Å². The van der Waals surface area contributed by atoms with Gasteiger partial charge in [0.15, 0.2) is 0 Å². The average Bonchev–Trinajstić information content (AvgIpc) is 2.61. The molecule has 0 saturated carbocycles. The Balaban J connectivity index is 3.27. The molecule has 0 aromatic carbocycles. The highest BCUT2D eigenvalue weighted by Gasteiger charge is 2.31. The molecule has 0 radical (unpaired) electrons. The van der Waals surface area contributed by atoms with Gasteiger partial charge in [-0.3, -0.25) is 20.2 Å². The van der Waals surface area contributed by atoms with Crippen LogP contribution < -0.4 is 0 Å². The summed E-state index contributed by atoms with van der Waals surface area (Å²) in [5, 5.41) is 20.1. The van der Waals surface area contributed by atoms with Crippen molar-refractivity contribution in [1.29, 1.82) is 0 Å². The highest BCUT2D eigenvalue weighted by atomic mass is 32.1. The van der Waals surface area contributed by atoms with Crippen molar-refractivity contribution in [2.45, 2.75) is 0 Å². The van der Waals surface area contributed by atoms with E-state index >= 15 is 0 Å². The molecule has 1 rings (SSSR count). The minimum atomic E-state index is -0.916. The van der Waals surface area contributed by atoms with Crippen molar-refractivity contribution in [3.05, 3.63) is 31.2 Å². The van der Waals surface area contributed by atoms with E-state index in [4.69, 9.17) is 0 Å². The van der Waals surface area contributed by atoms with E-state index in [-0.39, 0.29) is 4.88 Å². The topological polar surface area (TPSA) is 113 Å². The van der Waals surface area contributed by atoms with Crippen molar-refractivity contribution >= 4 is 28.0 Å². The van der Waals surface area contributed by atoms with E-state index in [2.05, 4.69) is 4.74 Å². The lowest BCUT2D eigenvalue weighted by Gasteiger charge is -1.89. The number of esters is 1. The molecule has 0 N–H and O–H groups in total. The second-order valence-corrected chi connectivity index (χ2v) is 3.34. The minimum Gasteiger partial charge on any atom is -0.465 e. The van der Waals surface area contributed by atoms with Crippen molar-refractivity contribution in [2.75, 3.05) is 7.11 Å². The molecule has 0 aliphatic rings. The number of rotatable bonds is 3. The molecule has 1 aromatic rings. The predicted molar refractivity (Wildman–Crippen MR) is 49.0 cm³/mol. The Kier molecular flexibility index (Phi) is 2.95. The summed E-state index contributed by atoms with van der Waals surface area (Å²) in [6.45, 7) is 0. The number of carbonyl (C=O) groups excluding carboxylic acids is 1. The molecule has 0 aliphatic carbocycles.